The Morgan fingerprint density at radius 2 is 2.05 bits per heavy atom. The third-order valence-electron chi connectivity index (χ3n) is 2.88. The molecule has 0 N–H and O–H groups in total. The maximum Gasteiger partial charge on any atom is 0.228 e. The first-order chi connectivity index (χ1) is 9.99. The standard InChI is InChI=1S/C14H12F2N2O2S/c1-18(14-17-6-7-21-14)13(20)5-4-12(19)10-3-2-9(15)8-11(10)16/h2-3,6-8H,4-5H2,1H3. The first kappa shape index (κ1) is 15.2. The normalized spacial score (nSPS) is 10.4. The molecule has 0 radical (unpaired) electrons. The molecule has 2 rings (SSSR count). The molecule has 1 aromatic carbocycles. The van der Waals surface area contributed by atoms with E-state index in [0.717, 1.165) is 12.1 Å². The third-order valence-corrected chi connectivity index (χ3v) is 3.73. The molecule has 0 aliphatic heterocycles. The van der Waals surface area contributed by atoms with Gasteiger partial charge in [0.05, 0.1) is 5.56 Å². The summed E-state index contributed by atoms with van der Waals surface area (Å²) in [5.74, 6) is -2.49. The summed E-state index contributed by atoms with van der Waals surface area (Å²) in [6, 6.07) is 2.75. The second-order valence-electron chi connectivity index (χ2n) is 4.31. The predicted molar refractivity (Wildman–Crippen MR) is 75.4 cm³/mol. The van der Waals surface area contributed by atoms with Gasteiger partial charge in [-0.15, -0.1) is 11.3 Å². The molecule has 7 heteroatoms. The number of carbonyl (C=O) groups is 2. The molecule has 110 valence electrons. The van der Waals surface area contributed by atoms with Crippen molar-refractivity contribution < 1.29 is 18.4 Å². The minimum atomic E-state index is -0.916. The quantitative estimate of drug-likeness (QED) is 0.798. The Labute approximate surface area is 124 Å². The molecule has 1 heterocycles. The van der Waals surface area contributed by atoms with Crippen LogP contribution in [0.4, 0.5) is 13.9 Å². The van der Waals surface area contributed by atoms with Crippen molar-refractivity contribution in [1.82, 2.24) is 4.98 Å². The van der Waals surface area contributed by atoms with Crippen LogP contribution in [-0.4, -0.2) is 23.7 Å². The number of aromatic nitrogens is 1. The predicted octanol–water partition coefficient (Wildman–Crippen LogP) is 3.05. The van der Waals surface area contributed by atoms with Crippen LogP contribution < -0.4 is 4.90 Å². The molecule has 21 heavy (non-hydrogen) atoms. The molecule has 0 aliphatic rings. The third kappa shape index (κ3) is 3.69. The number of hydrogen-bond donors (Lipinski definition) is 0. The van der Waals surface area contributed by atoms with Crippen molar-refractivity contribution >= 4 is 28.2 Å². The first-order valence-electron chi connectivity index (χ1n) is 6.13. The van der Waals surface area contributed by atoms with Gasteiger partial charge in [-0.2, -0.15) is 0 Å². The van der Waals surface area contributed by atoms with Gasteiger partial charge in [-0.05, 0) is 12.1 Å². The summed E-state index contributed by atoms with van der Waals surface area (Å²) in [5, 5.41) is 2.26. The van der Waals surface area contributed by atoms with Crippen LogP contribution in [0.3, 0.4) is 0 Å². The second kappa shape index (κ2) is 6.53. The van der Waals surface area contributed by atoms with Crippen LogP contribution in [0.1, 0.15) is 23.2 Å². The van der Waals surface area contributed by atoms with E-state index in [-0.39, 0.29) is 24.3 Å². The summed E-state index contributed by atoms with van der Waals surface area (Å²) in [5.41, 5.74) is -0.207. The second-order valence-corrected chi connectivity index (χ2v) is 5.19. The van der Waals surface area contributed by atoms with Crippen LogP contribution >= 0.6 is 11.3 Å². The zero-order valence-corrected chi connectivity index (χ0v) is 12.0. The maximum atomic E-state index is 13.4. The summed E-state index contributed by atoms with van der Waals surface area (Å²) >= 11 is 1.30. The van der Waals surface area contributed by atoms with Gasteiger partial charge >= 0.3 is 0 Å². The van der Waals surface area contributed by atoms with E-state index in [1.54, 1.807) is 18.6 Å². The van der Waals surface area contributed by atoms with Gasteiger partial charge in [-0.3, -0.25) is 14.5 Å². The smallest absolute Gasteiger partial charge is 0.228 e. The highest BCUT2D eigenvalue weighted by Gasteiger charge is 2.17. The largest absolute Gasteiger partial charge is 0.294 e. The van der Waals surface area contributed by atoms with Crippen LogP contribution in [0.25, 0.3) is 0 Å². The number of hydrogen-bond acceptors (Lipinski definition) is 4. The number of amides is 1. The lowest BCUT2D eigenvalue weighted by Gasteiger charge is -2.13. The average Bonchev–Trinajstić information content (AvgIpc) is 2.97. The van der Waals surface area contributed by atoms with Crippen molar-refractivity contribution in [2.75, 3.05) is 11.9 Å². The van der Waals surface area contributed by atoms with Crippen molar-refractivity contribution in [2.45, 2.75) is 12.8 Å². The Balaban J connectivity index is 1.96. The van der Waals surface area contributed by atoms with Gasteiger partial charge in [-0.25, -0.2) is 13.8 Å². The molecule has 0 atom stereocenters. The Bertz CT molecular complexity index is 659. The van der Waals surface area contributed by atoms with E-state index >= 15 is 0 Å². The van der Waals surface area contributed by atoms with Gasteiger partial charge in [0.25, 0.3) is 0 Å². The lowest BCUT2D eigenvalue weighted by atomic mass is 10.1. The van der Waals surface area contributed by atoms with E-state index < -0.39 is 17.4 Å². The molecule has 0 fully saturated rings. The van der Waals surface area contributed by atoms with Gasteiger partial charge < -0.3 is 0 Å². The van der Waals surface area contributed by atoms with E-state index in [4.69, 9.17) is 0 Å². The summed E-state index contributed by atoms with van der Waals surface area (Å²) in [6.45, 7) is 0. The number of halogens is 2. The molecule has 0 saturated carbocycles. The highest BCUT2D eigenvalue weighted by molar-refractivity contribution is 7.13. The Morgan fingerprint density at radius 3 is 2.67 bits per heavy atom. The number of carbonyl (C=O) groups excluding carboxylic acids is 2. The zero-order chi connectivity index (χ0) is 15.4. The Kier molecular flexibility index (Phi) is 4.74. The SMILES string of the molecule is CN(C(=O)CCC(=O)c1ccc(F)cc1F)c1nccs1. The number of anilines is 1. The summed E-state index contributed by atoms with van der Waals surface area (Å²) in [7, 11) is 1.56. The van der Waals surface area contributed by atoms with Gasteiger partial charge in [0, 0.05) is 37.5 Å². The average molecular weight is 310 g/mol. The molecular weight excluding hydrogens is 298 g/mol. The van der Waals surface area contributed by atoms with Gasteiger partial charge in [-0.1, -0.05) is 0 Å². The molecule has 0 spiro atoms. The van der Waals surface area contributed by atoms with Crippen LogP contribution in [0.5, 0.6) is 0 Å². The Morgan fingerprint density at radius 1 is 1.29 bits per heavy atom. The van der Waals surface area contributed by atoms with Crippen molar-refractivity contribution in [1.29, 1.82) is 0 Å². The Hall–Kier alpha value is -2.15. The highest BCUT2D eigenvalue weighted by Crippen LogP contribution is 2.18. The number of ketones is 1. The molecule has 0 unspecified atom stereocenters. The van der Waals surface area contributed by atoms with E-state index in [1.165, 1.54) is 16.2 Å². The molecule has 2 aromatic rings. The fraction of sp³-hybridized carbons (Fsp3) is 0.214. The minimum Gasteiger partial charge on any atom is -0.294 e. The zero-order valence-electron chi connectivity index (χ0n) is 11.2. The van der Waals surface area contributed by atoms with Crippen LogP contribution in [0.15, 0.2) is 29.8 Å². The summed E-state index contributed by atoms with van der Waals surface area (Å²) in [6.07, 6.45) is 1.37. The van der Waals surface area contributed by atoms with Crippen molar-refractivity contribution in [3.63, 3.8) is 0 Å². The first-order valence-corrected chi connectivity index (χ1v) is 7.01. The van der Waals surface area contributed by atoms with E-state index in [0.29, 0.717) is 11.2 Å². The fourth-order valence-electron chi connectivity index (χ4n) is 1.73. The summed E-state index contributed by atoms with van der Waals surface area (Å²) < 4.78 is 26.2. The number of nitrogens with zero attached hydrogens (tertiary/aromatic N) is 2. The van der Waals surface area contributed by atoms with Crippen LogP contribution in [0, 0.1) is 11.6 Å². The maximum absolute atomic E-state index is 13.4. The fourth-order valence-corrected chi connectivity index (χ4v) is 2.35. The summed E-state index contributed by atoms with van der Waals surface area (Å²) in [4.78, 5) is 29.1. The lowest BCUT2D eigenvalue weighted by Crippen LogP contribution is -2.26. The molecular formula is C14H12F2N2O2S. The monoisotopic (exact) mass is 310 g/mol. The minimum absolute atomic E-state index is 0.0638. The molecule has 0 bridgehead atoms. The van der Waals surface area contributed by atoms with Crippen molar-refractivity contribution in [3.8, 4) is 0 Å². The highest BCUT2D eigenvalue weighted by atomic mass is 32.1. The van der Waals surface area contributed by atoms with Crippen LogP contribution in [-0.2, 0) is 4.79 Å². The lowest BCUT2D eigenvalue weighted by molar-refractivity contribution is -0.118. The molecule has 1 amide bonds. The van der Waals surface area contributed by atoms with E-state index in [1.807, 2.05) is 0 Å². The topological polar surface area (TPSA) is 50.3 Å². The van der Waals surface area contributed by atoms with Crippen molar-refractivity contribution in [3.05, 3.63) is 47.0 Å². The molecule has 1 aromatic heterocycles. The van der Waals surface area contributed by atoms with Gasteiger partial charge in [0.2, 0.25) is 5.91 Å². The number of rotatable bonds is 5. The van der Waals surface area contributed by atoms with E-state index in [2.05, 4.69) is 4.98 Å². The molecule has 0 aliphatic carbocycles. The molecule has 4 nitrogen and oxygen atoms in total. The van der Waals surface area contributed by atoms with Gasteiger partial charge in [0.15, 0.2) is 10.9 Å². The molecule has 0 saturated heterocycles. The van der Waals surface area contributed by atoms with E-state index in [9.17, 15) is 18.4 Å². The number of Topliss-reactive ketones (excluding diaryl/α,β-unsaturated/α-hetero) is 1. The number of benzene rings is 1. The van der Waals surface area contributed by atoms with Crippen LogP contribution in [0.2, 0.25) is 0 Å². The van der Waals surface area contributed by atoms with Gasteiger partial charge in [0.1, 0.15) is 11.6 Å². The van der Waals surface area contributed by atoms with Crippen molar-refractivity contribution in [2.24, 2.45) is 0 Å². The number of thiazole rings is 1.